The summed E-state index contributed by atoms with van der Waals surface area (Å²) in [7, 11) is 0. The number of carbonyl (C=O) groups excluding carboxylic acids is 2. The number of carbonyl (C=O) groups is 3. The topological polar surface area (TPSA) is 105 Å². The summed E-state index contributed by atoms with van der Waals surface area (Å²) in [5.41, 5.74) is 4.78. The number of carboxylic acid groups (broad SMARTS) is 1. The van der Waals surface area contributed by atoms with Crippen molar-refractivity contribution in [3.8, 4) is 11.1 Å². The number of fused-ring (bicyclic) bond motifs is 3. The van der Waals surface area contributed by atoms with E-state index in [0.717, 1.165) is 12.8 Å². The van der Waals surface area contributed by atoms with E-state index >= 15 is 0 Å². The van der Waals surface area contributed by atoms with E-state index in [2.05, 4.69) is 34.9 Å². The molecule has 2 aromatic carbocycles. The number of carboxylic acids is 1. The second-order valence-electron chi connectivity index (χ2n) is 9.62. The zero-order valence-corrected chi connectivity index (χ0v) is 19.5. The highest BCUT2D eigenvalue weighted by Gasteiger charge is 2.32. The van der Waals surface area contributed by atoms with Crippen LogP contribution in [0.25, 0.3) is 11.1 Å². The van der Waals surface area contributed by atoms with E-state index in [9.17, 15) is 14.4 Å². The van der Waals surface area contributed by atoms with Crippen molar-refractivity contribution in [2.24, 2.45) is 17.8 Å². The Morgan fingerprint density at radius 1 is 0.971 bits per heavy atom. The molecule has 0 spiro atoms. The van der Waals surface area contributed by atoms with Crippen LogP contribution in [0.5, 0.6) is 0 Å². The summed E-state index contributed by atoms with van der Waals surface area (Å²) in [5.74, 6) is -0.272. The fraction of sp³-hybridized carbons (Fsp3) is 0.444. The Bertz CT molecular complexity index is 1000. The Balaban J connectivity index is 1.14. The van der Waals surface area contributed by atoms with Gasteiger partial charge in [-0.1, -0.05) is 55.5 Å². The molecule has 2 aliphatic rings. The van der Waals surface area contributed by atoms with Crippen molar-refractivity contribution in [2.75, 3.05) is 19.7 Å². The van der Waals surface area contributed by atoms with E-state index in [1.165, 1.54) is 22.3 Å². The maximum Gasteiger partial charge on any atom is 0.407 e. The highest BCUT2D eigenvalue weighted by molar-refractivity contribution is 5.79. The van der Waals surface area contributed by atoms with Gasteiger partial charge in [-0.15, -0.1) is 0 Å². The second-order valence-corrected chi connectivity index (χ2v) is 9.62. The summed E-state index contributed by atoms with van der Waals surface area (Å²) < 4.78 is 5.58. The number of rotatable bonds is 10. The van der Waals surface area contributed by atoms with Gasteiger partial charge in [0.1, 0.15) is 6.61 Å². The average Bonchev–Trinajstić information content (AvgIpc) is 3.11. The van der Waals surface area contributed by atoms with E-state index in [1.807, 2.05) is 31.2 Å². The number of nitrogens with one attached hydrogen (secondary N) is 2. The summed E-state index contributed by atoms with van der Waals surface area (Å²) in [4.78, 5) is 35.0. The van der Waals surface area contributed by atoms with E-state index in [0.29, 0.717) is 38.0 Å². The molecule has 1 saturated carbocycles. The zero-order chi connectivity index (χ0) is 24.1. The monoisotopic (exact) mass is 464 g/mol. The third kappa shape index (κ3) is 5.76. The minimum Gasteiger partial charge on any atom is -0.481 e. The first kappa shape index (κ1) is 23.8. The molecule has 7 heteroatoms. The molecule has 7 nitrogen and oxygen atoms in total. The largest absolute Gasteiger partial charge is 0.481 e. The van der Waals surface area contributed by atoms with E-state index < -0.39 is 12.1 Å². The van der Waals surface area contributed by atoms with Crippen molar-refractivity contribution in [2.45, 2.75) is 38.5 Å². The van der Waals surface area contributed by atoms with Gasteiger partial charge in [0, 0.05) is 31.8 Å². The highest BCUT2D eigenvalue weighted by atomic mass is 16.5. The molecule has 0 saturated heterocycles. The molecule has 180 valence electrons. The van der Waals surface area contributed by atoms with Crippen LogP contribution in [0.4, 0.5) is 4.79 Å². The highest BCUT2D eigenvalue weighted by Crippen LogP contribution is 2.44. The second kappa shape index (κ2) is 10.7. The summed E-state index contributed by atoms with van der Waals surface area (Å²) in [6.45, 7) is 3.03. The smallest absolute Gasteiger partial charge is 0.407 e. The fourth-order valence-corrected chi connectivity index (χ4v) is 5.08. The third-order valence-corrected chi connectivity index (χ3v) is 6.86. The summed E-state index contributed by atoms with van der Waals surface area (Å²) in [5, 5.41) is 14.5. The lowest BCUT2D eigenvalue weighted by Gasteiger charge is -2.35. The molecule has 1 unspecified atom stereocenters. The van der Waals surface area contributed by atoms with Crippen LogP contribution >= 0.6 is 0 Å². The molecular formula is C27H32N2O5. The number of hydrogen-bond acceptors (Lipinski definition) is 4. The lowest BCUT2D eigenvalue weighted by atomic mass is 9.73. The Kier molecular flexibility index (Phi) is 7.50. The quantitative estimate of drug-likeness (QED) is 0.490. The molecule has 0 bridgehead atoms. The maximum absolute atomic E-state index is 12.3. The van der Waals surface area contributed by atoms with Crippen LogP contribution < -0.4 is 10.6 Å². The molecule has 1 atom stereocenters. The summed E-state index contributed by atoms with van der Waals surface area (Å²) in [6, 6.07) is 16.5. The zero-order valence-electron chi connectivity index (χ0n) is 19.5. The van der Waals surface area contributed by atoms with Gasteiger partial charge in [-0.2, -0.15) is 0 Å². The van der Waals surface area contributed by atoms with Gasteiger partial charge in [-0.25, -0.2) is 4.79 Å². The molecule has 0 aromatic heterocycles. The van der Waals surface area contributed by atoms with Gasteiger partial charge in [0.05, 0.1) is 0 Å². The molecule has 0 aliphatic heterocycles. The van der Waals surface area contributed by atoms with Gasteiger partial charge in [0.2, 0.25) is 5.91 Å². The van der Waals surface area contributed by atoms with Crippen LogP contribution in [-0.2, 0) is 14.3 Å². The Morgan fingerprint density at radius 2 is 1.59 bits per heavy atom. The fourth-order valence-electron chi connectivity index (χ4n) is 5.08. The lowest BCUT2D eigenvalue weighted by Crippen LogP contribution is -2.39. The van der Waals surface area contributed by atoms with Gasteiger partial charge < -0.3 is 20.5 Å². The van der Waals surface area contributed by atoms with E-state index in [1.54, 1.807) is 0 Å². The van der Waals surface area contributed by atoms with Gasteiger partial charge in [0.25, 0.3) is 0 Å². The first-order valence-corrected chi connectivity index (χ1v) is 12.0. The first-order chi connectivity index (χ1) is 16.4. The predicted octanol–water partition coefficient (Wildman–Crippen LogP) is 4.17. The molecule has 4 rings (SSSR count). The summed E-state index contributed by atoms with van der Waals surface area (Å²) >= 11 is 0. The van der Waals surface area contributed by atoms with Crippen molar-refractivity contribution in [1.29, 1.82) is 0 Å². The minimum absolute atomic E-state index is 0.0369. The van der Waals surface area contributed by atoms with E-state index in [-0.39, 0.29) is 24.2 Å². The van der Waals surface area contributed by atoms with Crippen LogP contribution in [0.3, 0.4) is 0 Å². The van der Waals surface area contributed by atoms with Gasteiger partial charge in [-0.3, -0.25) is 9.59 Å². The van der Waals surface area contributed by atoms with Crippen molar-refractivity contribution < 1.29 is 24.2 Å². The lowest BCUT2D eigenvalue weighted by molar-refractivity contribution is -0.138. The summed E-state index contributed by atoms with van der Waals surface area (Å²) in [6.07, 6.45) is 1.87. The van der Waals surface area contributed by atoms with Crippen LogP contribution in [0.15, 0.2) is 48.5 Å². The van der Waals surface area contributed by atoms with E-state index in [4.69, 9.17) is 9.84 Å². The van der Waals surface area contributed by atoms with Crippen LogP contribution in [0.1, 0.15) is 49.7 Å². The molecule has 2 aliphatic carbocycles. The number of hydrogen-bond donors (Lipinski definition) is 3. The molecule has 2 aromatic rings. The third-order valence-electron chi connectivity index (χ3n) is 6.86. The van der Waals surface area contributed by atoms with Crippen LogP contribution in [0.2, 0.25) is 0 Å². The van der Waals surface area contributed by atoms with Crippen LogP contribution in [0, 0.1) is 17.8 Å². The SMILES string of the molecule is CC(CNC(=O)CC1CC(CNC(=O)OCC2c3ccccc3-c3ccccc32)C1)CC(=O)O. The van der Waals surface area contributed by atoms with Crippen molar-refractivity contribution in [3.63, 3.8) is 0 Å². The van der Waals surface area contributed by atoms with Crippen molar-refractivity contribution in [3.05, 3.63) is 59.7 Å². The molecule has 3 N–H and O–H groups in total. The maximum atomic E-state index is 12.3. The Morgan fingerprint density at radius 3 is 2.21 bits per heavy atom. The number of aliphatic carboxylic acids is 1. The molecule has 1 fully saturated rings. The first-order valence-electron chi connectivity index (χ1n) is 12.0. The van der Waals surface area contributed by atoms with Crippen LogP contribution in [-0.4, -0.2) is 42.8 Å². The number of alkyl carbamates (subject to hydrolysis) is 1. The molecule has 2 amide bonds. The minimum atomic E-state index is -0.854. The average molecular weight is 465 g/mol. The molecular weight excluding hydrogens is 432 g/mol. The molecule has 0 heterocycles. The number of ether oxygens (including phenoxy) is 1. The Labute approximate surface area is 199 Å². The van der Waals surface area contributed by atoms with Gasteiger partial charge in [-0.05, 0) is 52.8 Å². The van der Waals surface area contributed by atoms with Gasteiger partial charge in [0.15, 0.2) is 0 Å². The molecule has 34 heavy (non-hydrogen) atoms. The van der Waals surface area contributed by atoms with Crippen molar-refractivity contribution in [1.82, 2.24) is 10.6 Å². The van der Waals surface area contributed by atoms with Crippen molar-refractivity contribution >= 4 is 18.0 Å². The molecule has 0 radical (unpaired) electrons. The van der Waals surface area contributed by atoms with Gasteiger partial charge >= 0.3 is 12.1 Å². The predicted molar refractivity (Wildman–Crippen MR) is 128 cm³/mol. The standard InChI is InChI=1S/C27H32N2O5/c1-17(10-26(31)32)14-28-25(30)13-18-11-19(12-18)15-29-27(33)34-16-24-22-8-4-2-6-20(22)21-7-3-5-9-23(21)24/h2-9,17-19,24H,10-16H2,1H3,(H,28,30)(H,29,33)(H,31,32). The Hall–Kier alpha value is -3.35. The number of amides is 2. The number of benzene rings is 2. The normalized spacial score (nSPS) is 19.3.